The topological polar surface area (TPSA) is 146 Å². The zero-order chi connectivity index (χ0) is 47.0. The lowest BCUT2D eigenvalue weighted by molar-refractivity contribution is -0.159. The molecule has 0 aromatic carbocycles. The minimum absolute atomic E-state index is 0.136. The van der Waals surface area contributed by atoms with Gasteiger partial charge in [-0.25, -0.2) is 9.59 Å². The van der Waals surface area contributed by atoms with Gasteiger partial charge in [0.1, 0.15) is 23.9 Å². The smallest absolute Gasteiger partial charge is 0.408 e. The number of hydrogen-bond acceptors (Lipinski definition) is 9. The number of nitrogens with one attached hydrogen (secondary N) is 2. The van der Waals surface area contributed by atoms with Crippen LogP contribution in [0.15, 0.2) is 0 Å². The molecule has 11 nitrogen and oxygen atoms in total. The van der Waals surface area contributed by atoms with E-state index >= 15 is 0 Å². The number of amides is 2. The Hall–Kier alpha value is -2.85. The molecule has 0 heterocycles. The second-order valence-electron chi connectivity index (χ2n) is 19.9. The molecule has 2 N–H and O–H groups in total. The SMILES string of the molecule is CCCCCCCCCCCCCCCCCC(=O)OCC(CNC(=O)CC(NC(=O)OC(C)(C)C)C(=O)OC(C)(C)C)OC(=O)CCCCCCCCCCCCCCCCC. The van der Waals surface area contributed by atoms with Gasteiger partial charge in [0.15, 0.2) is 6.10 Å². The standard InChI is InChI=1S/C52H98N2O9/c1-9-11-13-15-17-19-21-23-25-27-29-31-33-35-37-39-47(56)60-43-44(61-48(57)40-38-36-34-32-30-28-26-24-22-20-18-16-14-12-10-2)42-53-46(55)41-45(49(58)62-51(3,4)5)54-50(59)63-52(6,7)8/h44-45H,9-43H2,1-8H3,(H,53,55)(H,54,59). The molecule has 2 amide bonds. The largest absolute Gasteiger partial charge is 0.462 e. The van der Waals surface area contributed by atoms with Gasteiger partial charge in [0.05, 0.1) is 13.0 Å². The minimum Gasteiger partial charge on any atom is -0.462 e. The molecule has 2 unspecified atom stereocenters. The summed E-state index contributed by atoms with van der Waals surface area (Å²) in [7, 11) is 0. The number of carbonyl (C=O) groups is 5. The van der Waals surface area contributed by atoms with Crippen LogP contribution in [0, 0.1) is 0 Å². The number of unbranched alkanes of at least 4 members (excludes halogenated alkanes) is 28. The maximum absolute atomic E-state index is 13.2. The molecule has 0 bridgehead atoms. The Morgan fingerprint density at radius 3 is 1.17 bits per heavy atom. The van der Waals surface area contributed by atoms with Gasteiger partial charge in [-0.1, -0.05) is 194 Å². The van der Waals surface area contributed by atoms with Crippen molar-refractivity contribution in [1.82, 2.24) is 10.6 Å². The fourth-order valence-electron chi connectivity index (χ4n) is 7.42. The third kappa shape index (κ3) is 42.8. The Morgan fingerprint density at radius 1 is 0.460 bits per heavy atom. The molecule has 0 aliphatic carbocycles. The van der Waals surface area contributed by atoms with E-state index in [9.17, 15) is 24.0 Å². The summed E-state index contributed by atoms with van der Waals surface area (Å²) < 4.78 is 22.0. The number of alkyl carbamates (subject to hydrolysis) is 1. The van der Waals surface area contributed by atoms with Crippen molar-refractivity contribution in [3.8, 4) is 0 Å². The Kier molecular flexibility index (Phi) is 37.7. The molecule has 0 aliphatic rings. The highest BCUT2D eigenvalue weighted by Crippen LogP contribution is 2.17. The van der Waals surface area contributed by atoms with Gasteiger partial charge >= 0.3 is 24.0 Å². The van der Waals surface area contributed by atoms with Crippen LogP contribution in [-0.4, -0.2) is 66.4 Å². The Balaban J connectivity index is 4.88. The zero-order valence-corrected chi connectivity index (χ0v) is 42.1. The van der Waals surface area contributed by atoms with Crippen LogP contribution in [0.3, 0.4) is 0 Å². The number of rotatable bonds is 41. The normalized spacial score (nSPS) is 12.6. The van der Waals surface area contributed by atoms with Crippen molar-refractivity contribution in [1.29, 1.82) is 0 Å². The van der Waals surface area contributed by atoms with Gasteiger partial charge < -0.3 is 29.6 Å². The first-order chi connectivity index (χ1) is 30.1. The van der Waals surface area contributed by atoms with Gasteiger partial charge in [0.25, 0.3) is 0 Å². The van der Waals surface area contributed by atoms with Gasteiger partial charge in [-0.3, -0.25) is 14.4 Å². The quantitative estimate of drug-likeness (QED) is 0.0348. The van der Waals surface area contributed by atoms with E-state index in [-0.39, 0.29) is 32.0 Å². The van der Waals surface area contributed by atoms with Crippen molar-refractivity contribution in [3.63, 3.8) is 0 Å². The number of hydrogen-bond donors (Lipinski definition) is 2. The van der Waals surface area contributed by atoms with E-state index in [0.29, 0.717) is 6.42 Å². The first kappa shape index (κ1) is 60.2. The summed E-state index contributed by atoms with van der Waals surface area (Å²) in [6.45, 7) is 14.3. The molecule has 2 atom stereocenters. The molecular formula is C52H98N2O9. The van der Waals surface area contributed by atoms with E-state index in [1.807, 2.05) is 0 Å². The molecule has 0 saturated carbocycles. The predicted octanol–water partition coefficient (Wildman–Crippen LogP) is 13.7. The average molecular weight is 895 g/mol. The maximum Gasteiger partial charge on any atom is 0.408 e. The van der Waals surface area contributed by atoms with Crippen molar-refractivity contribution in [2.45, 2.75) is 291 Å². The van der Waals surface area contributed by atoms with Crippen LogP contribution in [-0.2, 0) is 38.1 Å². The van der Waals surface area contributed by atoms with E-state index in [1.165, 1.54) is 148 Å². The maximum atomic E-state index is 13.2. The summed E-state index contributed by atoms with van der Waals surface area (Å²) in [5.41, 5.74) is -1.68. The van der Waals surface area contributed by atoms with E-state index in [4.69, 9.17) is 18.9 Å². The highest BCUT2D eigenvalue weighted by Gasteiger charge is 2.31. The molecule has 0 rings (SSSR count). The molecule has 0 aromatic heterocycles. The Labute approximate surface area is 386 Å². The van der Waals surface area contributed by atoms with Crippen LogP contribution in [0.1, 0.15) is 267 Å². The molecule has 0 radical (unpaired) electrons. The molecule has 0 aliphatic heterocycles. The molecule has 0 fully saturated rings. The van der Waals surface area contributed by atoms with Crippen molar-refractivity contribution in [2.24, 2.45) is 0 Å². The number of esters is 3. The van der Waals surface area contributed by atoms with E-state index in [2.05, 4.69) is 24.5 Å². The van der Waals surface area contributed by atoms with Crippen LogP contribution < -0.4 is 10.6 Å². The fraction of sp³-hybridized carbons (Fsp3) is 0.904. The van der Waals surface area contributed by atoms with Crippen molar-refractivity contribution >= 4 is 29.9 Å². The van der Waals surface area contributed by atoms with E-state index < -0.39 is 53.7 Å². The van der Waals surface area contributed by atoms with Gasteiger partial charge in [-0.05, 0) is 54.4 Å². The lowest BCUT2D eigenvalue weighted by Crippen LogP contribution is -2.49. The fourth-order valence-corrected chi connectivity index (χ4v) is 7.42. The summed E-state index contributed by atoms with van der Waals surface area (Å²) >= 11 is 0. The molecule has 0 saturated heterocycles. The third-order valence-corrected chi connectivity index (χ3v) is 11.0. The van der Waals surface area contributed by atoms with E-state index in [1.54, 1.807) is 41.5 Å². The highest BCUT2D eigenvalue weighted by molar-refractivity contribution is 5.88. The second kappa shape index (κ2) is 39.5. The molecule has 0 spiro atoms. The van der Waals surface area contributed by atoms with Crippen molar-refractivity contribution in [3.05, 3.63) is 0 Å². The van der Waals surface area contributed by atoms with Crippen molar-refractivity contribution in [2.75, 3.05) is 13.2 Å². The lowest BCUT2D eigenvalue weighted by Gasteiger charge is -2.26. The second-order valence-corrected chi connectivity index (χ2v) is 19.9. The van der Waals surface area contributed by atoms with Gasteiger partial charge in [-0.15, -0.1) is 0 Å². The third-order valence-electron chi connectivity index (χ3n) is 11.0. The van der Waals surface area contributed by atoms with Crippen LogP contribution in [0.5, 0.6) is 0 Å². The van der Waals surface area contributed by atoms with Gasteiger partial charge in [0, 0.05) is 12.8 Å². The highest BCUT2D eigenvalue weighted by atomic mass is 16.6. The number of carbonyl (C=O) groups excluding carboxylic acids is 5. The summed E-state index contributed by atoms with van der Waals surface area (Å²) in [6.07, 6.45) is 35.3. The minimum atomic E-state index is -1.32. The summed E-state index contributed by atoms with van der Waals surface area (Å²) in [5, 5.41) is 5.15. The van der Waals surface area contributed by atoms with Crippen molar-refractivity contribution < 1.29 is 42.9 Å². The first-order valence-electron chi connectivity index (χ1n) is 25.9. The van der Waals surface area contributed by atoms with Gasteiger partial charge in [-0.2, -0.15) is 0 Å². The Morgan fingerprint density at radius 2 is 0.810 bits per heavy atom. The molecule has 63 heavy (non-hydrogen) atoms. The molecule has 0 aromatic rings. The van der Waals surface area contributed by atoms with Gasteiger partial charge in [0.2, 0.25) is 5.91 Å². The Bertz CT molecular complexity index is 1160. The molecular weight excluding hydrogens is 797 g/mol. The van der Waals surface area contributed by atoms with E-state index in [0.717, 1.165) is 38.5 Å². The summed E-state index contributed by atoms with van der Waals surface area (Å²) in [6, 6.07) is -1.32. The summed E-state index contributed by atoms with van der Waals surface area (Å²) in [5.74, 6) is -2.16. The van der Waals surface area contributed by atoms with Crippen LogP contribution in [0.4, 0.5) is 4.79 Å². The average Bonchev–Trinajstić information content (AvgIpc) is 3.20. The van der Waals surface area contributed by atoms with Crippen LogP contribution in [0.25, 0.3) is 0 Å². The predicted molar refractivity (Wildman–Crippen MR) is 257 cm³/mol. The van der Waals surface area contributed by atoms with Crippen LogP contribution >= 0.6 is 0 Å². The zero-order valence-electron chi connectivity index (χ0n) is 42.1. The number of ether oxygens (including phenoxy) is 4. The monoisotopic (exact) mass is 895 g/mol. The lowest BCUT2D eigenvalue weighted by atomic mass is 10.0. The first-order valence-corrected chi connectivity index (χ1v) is 25.9. The summed E-state index contributed by atoms with van der Waals surface area (Å²) in [4.78, 5) is 64.4. The molecule has 11 heteroatoms. The molecule has 370 valence electrons. The van der Waals surface area contributed by atoms with Crippen LogP contribution in [0.2, 0.25) is 0 Å².